The van der Waals surface area contributed by atoms with Crippen LogP contribution in [0.5, 0.6) is 5.75 Å². The van der Waals surface area contributed by atoms with Crippen molar-refractivity contribution in [3.8, 4) is 5.75 Å². The first-order chi connectivity index (χ1) is 14.7. The first kappa shape index (κ1) is 21.6. The zero-order valence-electron chi connectivity index (χ0n) is 17.7. The molecule has 8 heteroatoms. The van der Waals surface area contributed by atoms with Crippen molar-refractivity contribution in [2.24, 2.45) is 4.99 Å². The minimum atomic E-state index is -0.187. The van der Waals surface area contributed by atoms with Crippen LogP contribution in [0.2, 0.25) is 0 Å². The van der Waals surface area contributed by atoms with Crippen molar-refractivity contribution in [3.05, 3.63) is 54.2 Å². The average Bonchev–Trinajstić information content (AvgIpc) is 3.25. The van der Waals surface area contributed by atoms with Gasteiger partial charge in [-0.15, -0.1) is 0 Å². The van der Waals surface area contributed by atoms with Gasteiger partial charge in [-0.1, -0.05) is 35.5 Å². The molecule has 0 aliphatic carbocycles. The van der Waals surface area contributed by atoms with Gasteiger partial charge in [0.25, 0.3) is 0 Å². The number of benzene rings is 2. The maximum atomic E-state index is 5.86. The minimum Gasteiger partial charge on any atom is -0.494 e. The lowest BCUT2D eigenvalue weighted by Crippen LogP contribution is -2.37. The van der Waals surface area contributed by atoms with Gasteiger partial charge in [0, 0.05) is 20.2 Å². The first-order valence-electron chi connectivity index (χ1n) is 10.2. The van der Waals surface area contributed by atoms with Crippen LogP contribution in [0.1, 0.15) is 38.1 Å². The van der Waals surface area contributed by atoms with Gasteiger partial charge in [-0.3, -0.25) is 4.99 Å². The third-order valence-corrected chi connectivity index (χ3v) is 4.50. The molecule has 3 rings (SSSR count). The summed E-state index contributed by atoms with van der Waals surface area (Å²) in [4.78, 5) is 8.54. The Bertz CT molecular complexity index is 957. The lowest BCUT2D eigenvalue weighted by atomic mass is 10.1. The fourth-order valence-corrected chi connectivity index (χ4v) is 2.94. The van der Waals surface area contributed by atoms with Gasteiger partial charge in [-0.05, 0) is 43.2 Å². The van der Waals surface area contributed by atoms with E-state index in [0.717, 1.165) is 18.7 Å². The van der Waals surface area contributed by atoms with Crippen molar-refractivity contribution in [1.82, 2.24) is 20.8 Å². The molecular weight excluding hydrogens is 382 g/mol. The Morgan fingerprint density at radius 2 is 2.00 bits per heavy atom. The molecule has 160 valence electrons. The quantitative estimate of drug-likeness (QED) is 0.300. The van der Waals surface area contributed by atoms with Crippen LogP contribution in [-0.4, -0.2) is 42.9 Å². The van der Waals surface area contributed by atoms with Gasteiger partial charge < -0.3 is 24.6 Å². The summed E-state index contributed by atoms with van der Waals surface area (Å²) in [6.45, 7) is 6.16. The van der Waals surface area contributed by atoms with Crippen molar-refractivity contribution in [3.63, 3.8) is 0 Å². The molecule has 0 radical (unpaired) electrons. The summed E-state index contributed by atoms with van der Waals surface area (Å²) in [5, 5.41) is 12.7. The molecule has 1 heterocycles. The summed E-state index contributed by atoms with van der Waals surface area (Å²) < 4.78 is 16.6. The number of nitrogens with zero attached hydrogens (tertiary/aromatic N) is 3. The molecule has 2 N–H and O–H groups in total. The normalized spacial score (nSPS) is 12.7. The summed E-state index contributed by atoms with van der Waals surface area (Å²) in [5.74, 6) is 2.57. The highest BCUT2D eigenvalue weighted by molar-refractivity contribution is 5.83. The van der Waals surface area contributed by atoms with Crippen molar-refractivity contribution >= 4 is 16.7 Å². The molecular formula is C22H29N5O3. The van der Waals surface area contributed by atoms with Crippen LogP contribution < -0.4 is 15.4 Å². The highest BCUT2D eigenvalue weighted by Crippen LogP contribution is 2.20. The monoisotopic (exact) mass is 411 g/mol. The van der Waals surface area contributed by atoms with E-state index in [1.807, 2.05) is 32.0 Å². The summed E-state index contributed by atoms with van der Waals surface area (Å²) >= 11 is 0. The zero-order valence-corrected chi connectivity index (χ0v) is 17.7. The molecule has 0 amide bonds. The molecule has 1 aromatic heterocycles. The molecule has 3 aromatic rings. The number of hydrogen-bond donors (Lipinski definition) is 2. The summed E-state index contributed by atoms with van der Waals surface area (Å²) in [5.41, 5.74) is 0. The third kappa shape index (κ3) is 6.18. The topological polar surface area (TPSA) is 93.8 Å². The van der Waals surface area contributed by atoms with Gasteiger partial charge in [-0.2, -0.15) is 4.98 Å². The molecule has 8 nitrogen and oxygen atoms in total. The van der Waals surface area contributed by atoms with E-state index in [9.17, 15) is 0 Å². The number of ether oxygens (including phenoxy) is 2. The maximum Gasteiger partial charge on any atom is 0.246 e. The van der Waals surface area contributed by atoms with E-state index in [1.165, 1.54) is 10.8 Å². The van der Waals surface area contributed by atoms with Gasteiger partial charge in [0.1, 0.15) is 11.9 Å². The maximum absolute atomic E-state index is 5.86. The number of nitrogens with one attached hydrogen (secondary N) is 2. The summed E-state index contributed by atoms with van der Waals surface area (Å²) in [6, 6.07) is 14.4. The van der Waals surface area contributed by atoms with E-state index in [-0.39, 0.29) is 6.10 Å². The fraction of sp³-hybridized carbons (Fsp3) is 0.409. The van der Waals surface area contributed by atoms with Crippen molar-refractivity contribution in [2.45, 2.75) is 32.9 Å². The van der Waals surface area contributed by atoms with Gasteiger partial charge in [-0.25, -0.2) is 0 Å². The fourth-order valence-electron chi connectivity index (χ4n) is 2.94. The van der Waals surface area contributed by atoms with Gasteiger partial charge in [0.2, 0.25) is 5.89 Å². The zero-order chi connectivity index (χ0) is 21.2. The van der Waals surface area contributed by atoms with Crippen molar-refractivity contribution < 1.29 is 14.0 Å². The Balaban J connectivity index is 1.36. The molecule has 0 fully saturated rings. The molecule has 2 aromatic carbocycles. The number of hydrogen-bond acceptors (Lipinski definition) is 6. The first-order valence-corrected chi connectivity index (χ1v) is 10.2. The largest absolute Gasteiger partial charge is 0.494 e. The van der Waals surface area contributed by atoms with Crippen LogP contribution in [0.3, 0.4) is 0 Å². The Labute approximate surface area is 176 Å². The Kier molecular flexibility index (Phi) is 8.02. The second-order valence-corrected chi connectivity index (χ2v) is 6.71. The number of aliphatic imine (C=N–C) groups is 1. The summed E-state index contributed by atoms with van der Waals surface area (Å²) in [7, 11) is 1.72. The van der Waals surface area contributed by atoms with Crippen LogP contribution >= 0.6 is 0 Å². The van der Waals surface area contributed by atoms with Crippen LogP contribution in [0.15, 0.2) is 52.0 Å². The number of fused-ring (bicyclic) bond motifs is 1. The van der Waals surface area contributed by atoms with Gasteiger partial charge >= 0.3 is 0 Å². The van der Waals surface area contributed by atoms with E-state index >= 15 is 0 Å². The van der Waals surface area contributed by atoms with Gasteiger partial charge in [0.15, 0.2) is 11.8 Å². The molecule has 0 bridgehead atoms. The van der Waals surface area contributed by atoms with Crippen molar-refractivity contribution in [2.75, 3.05) is 26.8 Å². The second-order valence-electron chi connectivity index (χ2n) is 6.71. The number of guanidine groups is 1. The molecule has 0 saturated heterocycles. The Morgan fingerprint density at radius 1 is 1.17 bits per heavy atom. The van der Waals surface area contributed by atoms with E-state index in [4.69, 9.17) is 14.0 Å². The highest BCUT2D eigenvalue weighted by Gasteiger charge is 2.13. The highest BCUT2D eigenvalue weighted by atomic mass is 16.5. The Morgan fingerprint density at radius 3 is 2.80 bits per heavy atom. The molecule has 1 unspecified atom stereocenters. The standard InChI is InChI=1S/C22H29N5O3/c1-4-28-16(2)21-26-20(30-27-21)15-25-22(23-3)24-12-7-13-29-19-11-10-17-8-5-6-9-18(17)14-19/h5-6,8-11,14,16H,4,7,12-13,15H2,1-3H3,(H2,23,24,25). The molecule has 0 aliphatic rings. The predicted octanol–water partition coefficient (Wildman–Crippen LogP) is 3.45. The summed E-state index contributed by atoms with van der Waals surface area (Å²) in [6.07, 6.45) is 0.650. The molecule has 0 aliphatic heterocycles. The van der Waals surface area contributed by atoms with Gasteiger partial charge in [0.05, 0.1) is 13.2 Å². The second kappa shape index (κ2) is 11.2. The van der Waals surface area contributed by atoms with E-state index in [0.29, 0.717) is 37.4 Å². The average molecular weight is 412 g/mol. The number of rotatable bonds is 10. The molecule has 0 saturated carbocycles. The van der Waals surface area contributed by atoms with E-state index < -0.39 is 0 Å². The third-order valence-electron chi connectivity index (χ3n) is 4.50. The smallest absolute Gasteiger partial charge is 0.246 e. The molecule has 0 spiro atoms. The van der Waals surface area contributed by atoms with E-state index in [1.54, 1.807) is 7.05 Å². The van der Waals surface area contributed by atoms with Crippen LogP contribution in [0.25, 0.3) is 10.8 Å². The number of aromatic nitrogens is 2. The molecule has 30 heavy (non-hydrogen) atoms. The molecule has 1 atom stereocenters. The van der Waals surface area contributed by atoms with E-state index in [2.05, 4.69) is 50.0 Å². The van der Waals surface area contributed by atoms with Crippen LogP contribution in [0, 0.1) is 0 Å². The van der Waals surface area contributed by atoms with Crippen molar-refractivity contribution in [1.29, 1.82) is 0 Å². The van der Waals surface area contributed by atoms with Crippen LogP contribution in [-0.2, 0) is 11.3 Å². The SMILES string of the molecule is CCOC(C)c1noc(CNC(=NC)NCCCOc2ccc3ccccc3c2)n1. The Hall–Kier alpha value is -3.13. The lowest BCUT2D eigenvalue weighted by molar-refractivity contribution is 0.0683. The lowest BCUT2D eigenvalue weighted by Gasteiger charge is -2.11. The predicted molar refractivity (Wildman–Crippen MR) is 117 cm³/mol. The van der Waals surface area contributed by atoms with Crippen LogP contribution in [0.4, 0.5) is 0 Å². The minimum absolute atomic E-state index is 0.187.